The molecule has 0 heterocycles. The van der Waals surface area contributed by atoms with Crippen molar-refractivity contribution in [1.82, 2.24) is 4.90 Å². The van der Waals surface area contributed by atoms with Gasteiger partial charge < -0.3 is 15.1 Å². The molecule has 0 aromatic heterocycles. The summed E-state index contributed by atoms with van der Waals surface area (Å²) in [6, 6.07) is 9.31. The molecule has 1 atom stereocenters. The van der Waals surface area contributed by atoms with E-state index in [4.69, 9.17) is 5.11 Å². The molecule has 0 unspecified atom stereocenters. The number of nitrogens with zero attached hydrogens (tertiary/aromatic N) is 1. The predicted molar refractivity (Wildman–Crippen MR) is 75.1 cm³/mol. The zero-order chi connectivity index (χ0) is 14.5. The Morgan fingerprint density at radius 3 is 2.32 bits per heavy atom. The summed E-state index contributed by atoms with van der Waals surface area (Å²) in [6.07, 6.45) is -1.15. The molecule has 0 fully saturated rings. The number of carboxylic acid groups (broad SMARTS) is 1. The average molecular weight is 265 g/mol. The van der Waals surface area contributed by atoms with Crippen LogP contribution in [0.2, 0.25) is 0 Å². The maximum absolute atomic E-state index is 11.2. The quantitative estimate of drug-likeness (QED) is 0.859. The summed E-state index contributed by atoms with van der Waals surface area (Å²) in [5.74, 6) is 0. The van der Waals surface area contributed by atoms with Gasteiger partial charge in [0.1, 0.15) is 0 Å². The van der Waals surface area contributed by atoms with Crippen LogP contribution in [0, 0.1) is 5.41 Å². The number of hydrogen-bond acceptors (Lipinski definition) is 2. The lowest BCUT2D eigenvalue weighted by atomic mass is 9.96. The molecule has 1 aromatic carbocycles. The summed E-state index contributed by atoms with van der Waals surface area (Å²) in [6.45, 7) is 6.79. The fourth-order valence-electron chi connectivity index (χ4n) is 1.93. The van der Waals surface area contributed by atoms with Gasteiger partial charge in [-0.1, -0.05) is 51.1 Å². The first-order chi connectivity index (χ1) is 8.79. The molecule has 1 amide bonds. The Balaban J connectivity index is 2.55. The maximum Gasteiger partial charge on any atom is 0.407 e. The molecule has 4 nitrogen and oxygen atoms in total. The highest BCUT2D eigenvalue weighted by Gasteiger charge is 2.21. The summed E-state index contributed by atoms with van der Waals surface area (Å²) in [4.78, 5) is 12.5. The largest absolute Gasteiger partial charge is 0.465 e. The van der Waals surface area contributed by atoms with Crippen molar-refractivity contribution in [3.05, 3.63) is 35.9 Å². The van der Waals surface area contributed by atoms with Gasteiger partial charge in [-0.2, -0.15) is 0 Å². The van der Waals surface area contributed by atoms with E-state index in [1.165, 1.54) is 4.90 Å². The Morgan fingerprint density at radius 1 is 1.26 bits per heavy atom. The van der Waals surface area contributed by atoms with Gasteiger partial charge in [-0.3, -0.25) is 0 Å². The summed E-state index contributed by atoms with van der Waals surface area (Å²) < 4.78 is 0. The molecule has 0 aliphatic carbocycles. The van der Waals surface area contributed by atoms with E-state index in [-0.39, 0.29) is 5.41 Å². The molecule has 0 aliphatic rings. The van der Waals surface area contributed by atoms with E-state index >= 15 is 0 Å². The standard InChI is InChI=1S/C15H23NO3/c1-15(2,3)11-16(14(18)19)10-9-13(17)12-7-5-4-6-8-12/h4-8,13,17H,9-11H2,1-3H3,(H,18,19)/t13-/m1/s1. The Morgan fingerprint density at radius 2 is 1.84 bits per heavy atom. The molecule has 106 valence electrons. The topological polar surface area (TPSA) is 60.8 Å². The van der Waals surface area contributed by atoms with Crippen LogP contribution in [0.5, 0.6) is 0 Å². The molecule has 0 saturated heterocycles. The average Bonchev–Trinajstić information content (AvgIpc) is 2.33. The Kier molecular flexibility index (Phi) is 5.36. The fourth-order valence-corrected chi connectivity index (χ4v) is 1.93. The van der Waals surface area contributed by atoms with E-state index in [0.29, 0.717) is 19.5 Å². The molecular weight excluding hydrogens is 242 g/mol. The minimum Gasteiger partial charge on any atom is -0.465 e. The molecular formula is C15H23NO3. The summed E-state index contributed by atoms with van der Waals surface area (Å²) >= 11 is 0. The van der Waals surface area contributed by atoms with E-state index < -0.39 is 12.2 Å². The maximum atomic E-state index is 11.2. The van der Waals surface area contributed by atoms with E-state index in [1.807, 2.05) is 51.1 Å². The highest BCUT2D eigenvalue weighted by molar-refractivity contribution is 5.64. The van der Waals surface area contributed by atoms with Crippen LogP contribution in [-0.4, -0.2) is 34.3 Å². The number of carbonyl (C=O) groups is 1. The van der Waals surface area contributed by atoms with Crippen LogP contribution < -0.4 is 0 Å². The summed E-state index contributed by atoms with van der Waals surface area (Å²) in [5.41, 5.74) is 0.736. The predicted octanol–water partition coefficient (Wildman–Crippen LogP) is 3.14. The first-order valence-electron chi connectivity index (χ1n) is 6.50. The van der Waals surface area contributed by atoms with E-state index in [9.17, 15) is 9.90 Å². The molecule has 1 rings (SSSR count). The first-order valence-corrected chi connectivity index (χ1v) is 6.50. The molecule has 0 radical (unpaired) electrons. The minimum atomic E-state index is -0.935. The zero-order valence-electron chi connectivity index (χ0n) is 11.8. The van der Waals surface area contributed by atoms with Crippen LogP contribution in [0.25, 0.3) is 0 Å². The highest BCUT2D eigenvalue weighted by Crippen LogP contribution is 2.19. The van der Waals surface area contributed by atoms with Gasteiger partial charge in [0.25, 0.3) is 0 Å². The van der Waals surface area contributed by atoms with Gasteiger partial charge in [-0.15, -0.1) is 0 Å². The summed E-state index contributed by atoms with van der Waals surface area (Å²) in [7, 11) is 0. The molecule has 2 N–H and O–H groups in total. The van der Waals surface area contributed by atoms with Crippen LogP contribution in [0.15, 0.2) is 30.3 Å². The van der Waals surface area contributed by atoms with Crippen LogP contribution in [-0.2, 0) is 0 Å². The number of rotatable bonds is 5. The van der Waals surface area contributed by atoms with Crippen molar-refractivity contribution >= 4 is 6.09 Å². The van der Waals surface area contributed by atoms with Gasteiger partial charge in [-0.25, -0.2) is 4.79 Å². The first kappa shape index (κ1) is 15.5. The molecule has 4 heteroatoms. The van der Waals surface area contributed by atoms with Crippen molar-refractivity contribution in [2.45, 2.75) is 33.3 Å². The molecule has 0 aliphatic heterocycles. The van der Waals surface area contributed by atoms with Gasteiger partial charge in [0.05, 0.1) is 6.10 Å². The van der Waals surface area contributed by atoms with Gasteiger partial charge in [-0.05, 0) is 17.4 Å². The SMILES string of the molecule is CC(C)(C)CN(CC[C@@H](O)c1ccccc1)C(=O)O. The van der Waals surface area contributed by atoms with Crippen LogP contribution in [0.3, 0.4) is 0 Å². The third-order valence-electron chi connectivity index (χ3n) is 2.79. The zero-order valence-corrected chi connectivity index (χ0v) is 11.8. The number of hydrogen-bond donors (Lipinski definition) is 2. The van der Waals surface area contributed by atoms with Crippen LogP contribution >= 0.6 is 0 Å². The second-order valence-corrected chi connectivity index (χ2v) is 5.98. The van der Waals surface area contributed by atoms with E-state index in [1.54, 1.807) is 0 Å². The second kappa shape index (κ2) is 6.57. The molecule has 0 bridgehead atoms. The lowest BCUT2D eigenvalue weighted by Crippen LogP contribution is -2.37. The van der Waals surface area contributed by atoms with Crippen molar-refractivity contribution < 1.29 is 15.0 Å². The van der Waals surface area contributed by atoms with Crippen molar-refractivity contribution in [3.63, 3.8) is 0 Å². The third-order valence-corrected chi connectivity index (χ3v) is 2.79. The van der Waals surface area contributed by atoms with E-state index in [2.05, 4.69) is 0 Å². The third kappa shape index (κ3) is 5.75. The summed E-state index contributed by atoms with van der Waals surface area (Å²) in [5, 5.41) is 19.2. The fraction of sp³-hybridized carbons (Fsp3) is 0.533. The Hall–Kier alpha value is -1.55. The number of aliphatic hydroxyl groups excluding tert-OH is 1. The molecule has 1 aromatic rings. The number of benzene rings is 1. The van der Waals surface area contributed by atoms with E-state index in [0.717, 1.165) is 5.56 Å². The lowest BCUT2D eigenvalue weighted by molar-refractivity contribution is 0.106. The van der Waals surface area contributed by atoms with Crippen molar-refractivity contribution in [2.75, 3.05) is 13.1 Å². The minimum absolute atomic E-state index is 0.0872. The van der Waals surface area contributed by atoms with Gasteiger partial charge in [0.2, 0.25) is 0 Å². The van der Waals surface area contributed by atoms with Crippen molar-refractivity contribution in [2.24, 2.45) is 5.41 Å². The second-order valence-electron chi connectivity index (χ2n) is 5.98. The van der Waals surface area contributed by atoms with Crippen molar-refractivity contribution in [1.29, 1.82) is 0 Å². The smallest absolute Gasteiger partial charge is 0.407 e. The molecule has 0 saturated carbocycles. The monoisotopic (exact) mass is 265 g/mol. The van der Waals surface area contributed by atoms with Gasteiger partial charge in [0.15, 0.2) is 0 Å². The van der Waals surface area contributed by atoms with Crippen LogP contribution in [0.1, 0.15) is 38.9 Å². The normalized spacial score (nSPS) is 13.1. The number of amides is 1. The lowest BCUT2D eigenvalue weighted by Gasteiger charge is -2.28. The molecule has 0 spiro atoms. The Labute approximate surface area is 114 Å². The number of aliphatic hydroxyl groups is 1. The van der Waals surface area contributed by atoms with Gasteiger partial charge in [0, 0.05) is 13.1 Å². The Bertz CT molecular complexity index is 398. The van der Waals surface area contributed by atoms with Crippen LogP contribution in [0.4, 0.5) is 4.79 Å². The van der Waals surface area contributed by atoms with Crippen molar-refractivity contribution in [3.8, 4) is 0 Å². The molecule has 19 heavy (non-hydrogen) atoms. The van der Waals surface area contributed by atoms with Gasteiger partial charge >= 0.3 is 6.09 Å². The highest BCUT2D eigenvalue weighted by atomic mass is 16.4.